The van der Waals surface area contributed by atoms with Crippen molar-refractivity contribution in [2.24, 2.45) is 5.10 Å². The SMILES string of the molecule is CCCN1c2cc(C)c(/C=N\NC(=O)c3ccc(C)cc3)cc2C(C)=CC1(C)C. The predicted molar refractivity (Wildman–Crippen MR) is 123 cm³/mol. The average Bonchev–Trinajstić information content (AvgIpc) is 2.66. The van der Waals surface area contributed by atoms with Crippen LogP contribution in [0.4, 0.5) is 5.69 Å². The van der Waals surface area contributed by atoms with Gasteiger partial charge >= 0.3 is 0 Å². The second kappa shape index (κ2) is 8.24. The molecule has 0 spiro atoms. The number of rotatable bonds is 5. The first kappa shape index (κ1) is 20.8. The Morgan fingerprint density at radius 2 is 1.83 bits per heavy atom. The van der Waals surface area contributed by atoms with Crippen LogP contribution < -0.4 is 10.3 Å². The Morgan fingerprint density at radius 1 is 1.14 bits per heavy atom. The molecule has 1 aliphatic heterocycles. The van der Waals surface area contributed by atoms with E-state index in [0.717, 1.165) is 29.7 Å². The zero-order chi connectivity index (χ0) is 21.2. The largest absolute Gasteiger partial charge is 0.362 e. The molecule has 0 radical (unpaired) electrons. The number of allylic oxidation sites excluding steroid dienone is 1. The molecular formula is C25H31N3O. The number of carbonyl (C=O) groups excluding carboxylic acids is 1. The molecule has 0 saturated heterocycles. The predicted octanol–water partition coefficient (Wildman–Crippen LogP) is 5.48. The van der Waals surface area contributed by atoms with E-state index in [1.807, 2.05) is 31.2 Å². The van der Waals surface area contributed by atoms with Crippen molar-refractivity contribution >= 4 is 23.4 Å². The fourth-order valence-electron chi connectivity index (χ4n) is 3.95. The van der Waals surface area contributed by atoms with Crippen molar-refractivity contribution in [2.45, 2.75) is 53.5 Å². The van der Waals surface area contributed by atoms with Gasteiger partial charge in [0.05, 0.1) is 11.8 Å². The van der Waals surface area contributed by atoms with E-state index in [9.17, 15) is 4.79 Å². The second-order valence-electron chi connectivity index (χ2n) is 8.42. The van der Waals surface area contributed by atoms with Gasteiger partial charge in [-0.2, -0.15) is 5.10 Å². The minimum atomic E-state index is -0.205. The van der Waals surface area contributed by atoms with Gasteiger partial charge in [-0.3, -0.25) is 4.79 Å². The lowest BCUT2D eigenvalue weighted by molar-refractivity contribution is 0.0955. The molecule has 1 amide bonds. The lowest BCUT2D eigenvalue weighted by atomic mass is 9.87. The first-order valence-electron chi connectivity index (χ1n) is 10.2. The maximum Gasteiger partial charge on any atom is 0.271 e. The Bertz CT molecular complexity index is 968. The van der Waals surface area contributed by atoms with E-state index in [1.165, 1.54) is 16.8 Å². The number of carbonyl (C=O) groups is 1. The molecular weight excluding hydrogens is 358 g/mol. The molecule has 4 heteroatoms. The van der Waals surface area contributed by atoms with Crippen molar-refractivity contribution in [3.63, 3.8) is 0 Å². The van der Waals surface area contributed by atoms with E-state index in [1.54, 1.807) is 6.21 Å². The van der Waals surface area contributed by atoms with Crippen LogP contribution in [-0.4, -0.2) is 24.2 Å². The monoisotopic (exact) mass is 389 g/mol. The van der Waals surface area contributed by atoms with Crippen LogP contribution in [0.2, 0.25) is 0 Å². The summed E-state index contributed by atoms with van der Waals surface area (Å²) in [5.41, 5.74) is 10.3. The van der Waals surface area contributed by atoms with E-state index in [2.05, 4.69) is 68.3 Å². The molecule has 1 N–H and O–H groups in total. The zero-order valence-corrected chi connectivity index (χ0v) is 18.3. The Labute approximate surface area is 174 Å². The Kier molecular flexibility index (Phi) is 5.92. The van der Waals surface area contributed by atoms with Gasteiger partial charge in [-0.05, 0) is 82.0 Å². The molecule has 0 fully saturated rings. The minimum Gasteiger partial charge on any atom is -0.362 e. The number of benzene rings is 2. The number of anilines is 1. The molecule has 1 aliphatic rings. The number of aryl methyl sites for hydroxylation is 2. The summed E-state index contributed by atoms with van der Waals surface area (Å²) < 4.78 is 0. The van der Waals surface area contributed by atoms with Crippen LogP contribution in [0.5, 0.6) is 0 Å². The highest BCUT2D eigenvalue weighted by molar-refractivity contribution is 5.95. The molecule has 0 atom stereocenters. The average molecular weight is 390 g/mol. The van der Waals surface area contributed by atoms with E-state index >= 15 is 0 Å². The summed E-state index contributed by atoms with van der Waals surface area (Å²) in [5.74, 6) is -0.205. The summed E-state index contributed by atoms with van der Waals surface area (Å²) in [6, 6.07) is 11.9. The van der Waals surface area contributed by atoms with Crippen LogP contribution in [0.25, 0.3) is 5.57 Å². The molecule has 0 saturated carbocycles. The highest BCUT2D eigenvalue weighted by Crippen LogP contribution is 2.40. The Balaban J connectivity index is 1.85. The van der Waals surface area contributed by atoms with Gasteiger partial charge in [0.15, 0.2) is 0 Å². The van der Waals surface area contributed by atoms with E-state index in [4.69, 9.17) is 0 Å². The van der Waals surface area contributed by atoms with Gasteiger partial charge in [-0.15, -0.1) is 0 Å². The van der Waals surface area contributed by atoms with Crippen molar-refractivity contribution in [3.8, 4) is 0 Å². The van der Waals surface area contributed by atoms with Crippen molar-refractivity contribution < 1.29 is 4.79 Å². The van der Waals surface area contributed by atoms with Crippen molar-refractivity contribution in [2.75, 3.05) is 11.4 Å². The fraction of sp³-hybridized carbons (Fsp3) is 0.360. The van der Waals surface area contributed by atoms with Crippen LogP contribution >= 0.6 is 0 Å². The molecule has 0 aromatic heterocycles. The van der Waals surface area contributed by atoms with Gasteiger partial charge < -0.3 is 4.90 Å². The van der Waals surface area contributed by atoms with Crippen LogP contribution in [0.15, 0.2) is 47.6 Å². The summed E-state index contributed by atoms with van der Waals surface area (Å²) in [5, 5.41) is 4.20. The summed E-state index contributed by atoms with van der Waals surface area (Å²) in [6.45, 7) is 14.0. The first-order chi connectivity index (χ1) is 13.7. The van der Waals surface area contributed by atoms with Crippen LogP contribution in [0.3, 0.4) is 0 Å². The van der Waals surface area contributed by atoms with Crippen molar-refractivity contribution in [1.29, 1.82) is 0 Å². The number of hydrogen-bond donors (Lipinski definition) is 1. The highest BCUT2D eigenvalue weighted by atomic mass is 16.2. The number of fused-ring (bicyclic) bond motifs is 1. The molecule has 0 bridgehead atoms. The molecule has 0 unspecified atom stereocenters. The lowest BCUT2D eigenvalue weighted by Gasteiger charge is -2.43. The third kappa shape index (κ3) is 4.42. The Hall–Kier alpha value is -2.88. The van der Waals surface area contributed by atoms with Crippen molar-refractivity contribution in [1.82, 2.24) is 5.43 Å². The fourth-order valence-corrected chi connectivity index (χ4v) is 3.95. The quantitative estimate of drug-likeness (QED) is 0.544. The smallest absolute Gasteiger partial charge is 0.271 e. The standard InChI is InChI=1S/C25H31N3O/c1-7-12-28-23-13-18(3)21(14-22(23)19(4)15-25(28,5)6)16-26-27-24(29)20-10-8-17(2)9-11-20/h8-11,13-16H,7,12H2,1-6H3,(H,27,29)/b26-16-. The van der Waals surface area contributed by atoms with E-state index in [0.29, 0.717) is 5.56 Å². The number of amides is 1. The maximum atomic E-state index is 12.3. The second-order valence-corrected chi connectivity index (χ2v) is 8.42. The third-order valence-electron chi connectivity index (χ3n) is 5.50. The summed E-state index contributed by atoms with van der Waals surface area (Å²) in [4.78, 5) is 14.7. The number of nitrogens with one attached hydrogen (secondary N) is 1. The van der Waals surface area contributed by atoms with E-state index in [-0.39, 0.29) is 11.4 Å². The van der Waals surface area contributed by atoms with Crippen LogP contribution in [0, 0.1) is 13.8 Å². The molecule has 4 nitrogen and oxygen atoms in total. The number of nitrogens with zero attached hydrogens (tertiary/aromatic N) is 2. The van der Waals surface area contributed by atoms with Crippen LogP contribution in [-0.2, 0) is 0 Å². The topological polar surface area (TPSA) is 44.7 Å². The molecule has 0 aliphatic carbocycles. The summed E-state index contributed by atoms with van der Waals surface area (Å²) >= 11 is 0. The Morgan fingerprint density at radius 3 is 2.48 bits per heavy atom. The first-order valence-corrected chi connectivity index (χ1v) is 10.2. The molecule has 2 aromatic rings. The maximum absolute atomic E-state index is 12.3. The number of hydrogen-bond acceptors (Lipinski definition) is 3. The summed E-state index contributed by atoms with van der Waals surface area (Å²) in [6.07, 6.45) is 5.17. The van der Waals surface area contributed by atoms with Gasteiger partial charge in [0.1, 0.15) is 0 Å². The van der Waals surface area contributed by atoms with Crippen LogP contribution in [0.1, 0.15) is 66.7 Å². The molecule has 1 heterocycles. The van der Waals surface area contributed by atoms with Gasteiger partial charge in [-0.25, -0.2) is 5.43 Å². The normalized spacial score (nSPS) is 15.2. The molecule has 29 heavy (non-hydrogen) atoms. The minimum absolute atomic E-state index is 0.00283. The highest BCUT2D eigenvalue weighted by Gasteiger charge is 2.31. The summed E-state index contributed by atoms with van der Waals surface area (Å²) in [7, 11) is 0. The van der Waals surface area contributed by atoms with Gasteiger partial charge in [0, 0.05) is 23.4 Å². The third-order valence-corrected chi connectivity index (χ3v) is 5.50. The van der Waals surface area contributed by atoms with Gasteiger partial charge in [-0.1, -0.05) is 30.7 Å². The van der Waals surface area contributed by atoms with Gasteiger partial charge in [0.2, 0.25) is 0 Å². The molecule has 3 rings (SSSR count). The zero-order valence-electron chi connectivity index (χ0n) is 18.3. The van der Waals surface area contributed by atoms with Crippen molar-refractivity contribution in [3.05, 3.63) is 70.3 Å². The van der Waals surface area contributed by atoms with E-state index < -0.39 is 0 Å². The number of hydrazone groups is 1. The molecule has 152 valence electrons. The molecule has 2 aromatic carbocycles. The van der Waals surface area contributed by atoms with Gasteiger partial charge in [0.25, 0.3) is 5.91 Å². The lowest BCUT2D eigenvalue weighted by Crippen LogP contribution is -2.45.